The van der Waals surface area contributed by atoms with E-state index in [0.717, 1.165) is 0 Å². The fraction of sp³-hybridized carbons (Fsp3) is 0.583. The molecule has 0 aromatic heterocycles. The predicted octanol–water partition coefficient (Wildman–Crippen LogP) is 1.64. The van der Waals surface area contributed by atoms with Crippen LogP contribution in [0, 0.1) is 29.1 Å². The Labute approximate surface area is 100 Å². The first-order chi connectivity index (χ1) is 7.98. The fourth-order valence-corrected chi connectivity index (χ4v) is 1.65. The van der Waals surface area contributed by atoms with Crippen molar-refractivity contribution < 1.29 is 19.8 Å². The van der Waals surface area contributed by atoms with Crippen LogP contribution >= 0.6 is 0 Å². The fourth-order valence-electron chi connectivity index (χ4n) is 1.65. The van der Waals surface area contributed by atoms with E-state index in [4.69, 9.17) is 21.9 Å². The van der Waals surface area contributed by atoms with Crippen LogP contribution in [0.4, 0.5) is 0 Å². The number of hydrogen-bond donors (Lipinski definition) is 2. The van der Waals surface area contributed by atoms with Crippen LogP contribution in [-0.4, -0.2) is 22.2 Å². The molecule has 0 bridgehead atoms. The van der Waals surface area contributed by atoms with Crippen molar-refractivity contribution in [2.45, 2.75) is 38.5 Å². The zero-order chi connectivity index (χ0) is 13.3. The van der Waals surface area contributed by atoms with E-state index in [1.807, 2.05) is 6.07 Å². The largest absolute Gasteiger partial charge is 0.481 e. The Morgan fingerprint density at radius 2 is 1.94 bits per heavy atom. The molecule has 0 saturated carbocycles. The van der Waals surface area contributed by atoms with Crippen molar-refractivity contribution in [1.82, 2.24) is 0 Å². The van der Waals surface area contributed by atoms with Crippen molar-refractivity contribution in [1.29, 1.82) is 5.26 Å². The molecular formula is C12H15NO4. The lowest BCUT2D eigenvalue weighted by molar-refractivity contribution is -0.156. The Morgan fingerprint density at radius 1 is 1.29 bits per heavy atom. The van der Waals surface area contributed by atoms with Crippen LogP contribution in [-0.2, 0) is 9.59 Å². The number of terminal acetylenes is 1. The van der Waals surface area contributed by atoms with Crippen LogP contribution in [0.5, 0.6) is 0 Å². The zero-order valence-corrected chi connectivity index (χ0v) is 9.48. The number of nitrogens with zero attached hydrogens (tertiary/aromatic N) is 1. The molecule has 0 radical (unpaired) electrons. The highest BCUT2D eigenvalue weighted by Crippen LogP contribution is 2.33. The molecule has 0 spiro atoms. The molecule has 0 heterocycles. The van der Waals surface area contributed by atoms with Gasteiger partial charge >= 0.3 is 11.9 Å². The quantitative estimate of drug-likeness (QED) is 0.494. The highest BCUT2D eigenvalue weighted by atomic mass is 16.4. The molecule has 92 valence electrons. The first-order valence-corrected chi connectivity index (χ1v) is 5.24. The summed E-state index contributed by atoms with van der Waals surface area (Å²) in [5, 5.41) is 26.2. The summed E-state index contributed by atoms with van der Waals surface area (Å²) < 4.78 is 0. The minimum absolute atomic E-state index is 0.110. The van der Waals surface area contributed by atoms with Gasteiger partial charge in [0.15, 0.2) is 0 Å². The Kier molecular flexibility index (Phi) is 6.43. The Hall–Kier alpha value is -2.01. The summed E-state index contributed by atoms with van der Waals surface area (Å²) in [6, 6.07) is 1.95. The van der Waals surface area contributed by atoms with Gasteiger partial charge in [-0.2, -0.15) is 5.26 Å². The van der Waals surface area contributed by atoms with Crippen molar-refractivity contribution in [2.75, 3.05) is 0 Å². The normalized spacial score (nSPS) is 13.1. The highest BCUT2D eigenvalue weighted by molar-refractivity contribution is 5.81. The maximum Gasteiger partial charge on any atom is 0.311 e. The molecule has 0 aliphatic carbocycles. The standard InChI is InChI=1S/C12H15NO4/c1-2-6-12(11(16)17,9-10(14)15)7-4-3-5-8-13/h1H,3-7,9H2,(H,14,15)(H,16,17). The number of aliphatic carboxylic acids is 2. The van der Waals surface area contributed by atoms with E-state index in [2.05, 4.69) is 5.92 Å². The second-order valence-electron chi connectivity index (χ2n) is 3.90. The number of unbranched alkanes of at least 4 members (excludes halogenated alkanes) is 2. The average molecular weight is 237 g/mol. The van der Waals surface area contributed by atoms with Gasteiger partial charge in [0.1, 0.15) is 0 Å². The van der Waals surface area contributed by atoms with Gasteiger partial charge in [-0.1, -0.05) is 6.42 Å². The molecule has 0 fully saturated rings. The van der Waals surface area contributed by atoms with Gasteiger partial charge in [0.25, 0.3) is 0 Å². The first-order valence-electron chi connectivity index (χ1n) is 5.24. The van der Waals surface area contributed by atoms with Gasteiger partial charge in [-0.3, -0.25) is 9.59 Å². The van der Waals surface area contributed by atoms with Crippen LogP contribution in [0.2, 0.25) is 0 Å². The number of carboxylic acid groups (broad SMARTS) is 2. The molecule has 5 nitrogen and oxygen atoms in total. The molecule has 0 saturated heterocycles. The third-order valence-electron chi connectivity index (χ3n) is 2.58. The maximum atomic E-state index is 11.2. The van der Waals surface area contributed by atoms with Crippen molar-refractivity contribution >= 4 is 11.9 Å². The molecule has 0 rings (SSSR count). The third kappa shape index (κ3) is 5.03. The van der Waals surface area contributed by atoms with Gasteiger partial charge in [0, 0.05) is 12.8 Å². The Balaban J connectivity index is 4.68. The van der Waals surface area contributed by atoms with Crippen LogP contribution in [0.3, 0.4) is 0 Å². The molecule has 5 heteroatoms. The van der Waals surface area contributed by atoms with Crippen LogP contribution in [0.1, 0.15) is 38.5 Å². The highest BCUT2D eigenvalue weighted by Gasteiger charge is 2.39. The van der Waals surface area contributed by atoms with E-state index >= 15 is 0 Å². The zero-order valence-electron chi connectivity index (χ0n) is 9.48. The van der Waals surface area contributed by atoms with E-state index < -0.39 is 23.8 Å². The topological polar surface area (TPSA) is 98.4 Å². The van der Waals surface area contributed by atoms with Gasteiger partial charge in [-0.15, -0.1) is 12.3 Å². The van der Waals surface area contributed by atoms with E-state index in [0.29, 0.717) is 19.3 Å². The molecule has 1 atom stereocenters. The SMILES string of the molecule is C#CCC(CCCCC#N)(CC(=O)O)C(=O)O. The summed E-state index contributed by atoms with van der Waals surface area (Å²) >= 11 is 0. The van der Waals surface area contributed by atoms with Gasteiger partial charge in [-0.25, -0.2) is 0 Å². The van der Waals surface area contributed by atoms with Gasteiger partial charge in [0.2, 0.25) is 0 Å². The smallest absolute Gasteiger partial charge is 0.311 e. The first kappa shape index (κ1) is 15.0. The molecule has 1 unspecified atom stereocenters. The maximum absolute atomic E-state index is 11.2. The van der Waals surface area contributed by atoms with Gasteiger partial charge in [0.05, 0.1) is 17.9 Å². The predicted molar refractivity (Wildman–Crippen MR) is 59.9 cm³/mol. The van der Waals surface area contributed by atoms with Crippen molar-refractivity contribution in [3.63, 3.8) is 0 Å². The number of nitriles is 1. The summed E-state index contributed by atoms with van der Waals surface area (Å²) in [6.45, 7) is 0. The van der Waals surface area contributed by atoms with Gasteiger partial charge < -0.3 is 10.2 Å². The van der Waals surface area contributed by atoms with Gasteiger partial charge in [-0.05, 0) is 12.8 Å². The lowest BCUT2D eigenvalue weighted by atomic mass is 9.77. The van der Waals surface area contributed by atoms with Crippen molar-refractivity contribution in [2.24, 2.45) is 5.41 Å². The summed E-state index contributed by atoms with van der Waals surface area (Å²) in [5.41, 5.74) is -1.41. The minimum atomic E-state index is -1.41. The molecule has 2 N–H and O–H groups in total. The van der Waals surface area contributed by atoms with Crippen molar-refractivity contribution in [3.8, 4) is 18.4 Å². The lowest BCUT2D eigenvalue weighted by Gasteiger charge is -2.25. The molecule has 0 aromatic carbocycles. The molecule has 0 aromatic rings. The summed E-state index contributed by atoms with van der Waals surface area (Å²) in [6.07, 6.45) is 6.05. The minimum Gasteiger partial charge on any atom is -0.481 e. The van der Waals surface area contributed by atoms with Crippen LogP contribution in [0.15, 0.2) is 0 Å². The number of rotatable bonds is 8. The van der Waals surface area contributed by atoms with E-state index in [1.54, 1.807) is 0 Å². The lowest BCUT2D eigenvalue weighted by Crippen LogP contribution is -2.33. The molecular weight excluding hydrogens is 222 g/mol. The van der Waals surface area contributed by atoms with E-state index in [-0.39, 0.29) is 12.8 Å². The average Bonchev–Trinajstić information content (AvgIpc) is 2.23. The van der Waals surface area contributed by atoms with E-state index in [1.165, 1.54) is 0 Å². The molecule has 17 heavy (non-hydrogen) atoms. The number of carboxylic acids is 2. The van der Waals surface area contributed by atoms with E-state index in [9.17, 15) is 9.59 Å². The second-order valence-corrected chi connectivity index (χ2v) is 3.90. The second kappa shape index (κ2) is 7.29. The Bertz CT molecular complexity index is 364. The number of carbonyl (C=O) groups is 2. The Morgan fingerprint density at radius 3 is 2.35 bits per heavy atom. The summed E-state index contributed by atoms with van der Waals surface area (Å²) in [4.78, 5) is 21.9. The summed E-state index contributed by atoms with van der Waals surface area (Å²) in [7, 11) is 0. The monoisotopic (exact) mass is 237 g/mol. The molecule has 0 aliphatic heterocycles. The third-order valence-corrected chi connectivity index (χ3v) is 2.58. The molecule has 0 amide bonds. The molecule has 0 aliphatic rings. The van der Waals surface area contributed by atoms with Crippen LogP contribution < -0.4 is 0 Å². The van der Waals surface area contributed by atoms with Crippen molar-refractivity contribution in [3.05, 3.63) is 0 Å². The number of hydrogen-bond acceptors (Lipinski definition) is 3. The van der Waals surface area contributed by atoms with Crippen LogP contribution in [0.25, 0.3) is 0 Å². The summed E-state index contributed by atoms with van der Waals surface area (Å²) in [5.74, 6) is -0.136.